The number of amides is 1. The second-order valence-corrected chi connectivity index (χ2v) is 6.26. The van der Waals surface area contributed by atoms with Gasteiger partial charge in [0.25, 0.3) is 11.5 Å². The van der Waals surface area contributed by atoms with E-state index >= 15 is 0 Å². The van der Waals surface area contributed by atoms with Crippen molar-refractivity contribution in [2.45, 2.75) is 19.3 Å². The van der Waals surface area contributed by atoms with Gasteiger partial charge >= 0.3 is 0 Å². The van der Waals surface area contributed by atoms with Gasteiger partial charge in [0.2, 0.25) is 0 Å². The summed E-state index contributed by atoms with van der Waals surface area (Å²) in [6, 6.07) is 3.59. The Balaban J connectivity index is 1.94. The SMILES string of the molecule is Cn1ncc(NC(=O)c2cccs2)c(N2CCCCC2)c1=O. The second-order valence-electron chi connectivity index (χ2n) is 5.31. The van der Waals surface area contributed by atoms with Crippen molar-refractivity contribution in [2.75, 3.05) is 23.3 Å². The molecule has 2 aromatic heterocycles. The smallest absolute Gasteiger partial charge is 0.292 e. The van der Waals surface area contributed by atoms with Crippen LogP contribution in [-0.2, 0) is 7.05 Å². The lowest BCUT2D eigenvalue weighted by Crippen LogP contribution is -2.37. The highest BCUT2D eigenvalue weighted by atomic mass is 32.1. The fourth-order valence-corrected chi connectivity index (χ4v) is 3.25. The van der Waals surface area contributed by atoms with Crippen molar-refractivity contribution >= 4 is 28.6 Å². The van der Waals surface area contributed by atoms with E-state index in [0.717, 1.165) is 25.9 Å². The van der Waals surface area contributed by atoms with Gasteiger partial charge in [-0.05, 0) is 30.7 Å². The molecule has 1 saturated heterocycles. The monoisotopic (exact) mass is 318 g/mol. The van der Waals surface area contributed by atoms with Gasteiger partial charge in [-0.25, -0.2) is 4.68 Å². The molecule has 1 aliphatic rings. The molecule has 0 saturated carbocycles. The van der Waals surface area contributed by atoms with E-state index in [2.05, 4.69) is 15.3 Å². The lowest BCUT2D eigenvalue weighted by atomic mass is 10.1. The van der Waals surface area contributed by atoms with Crippen molar-refractivity contribution in [1.29, 1.82) is 0 Å². The van der Waals surface area contributed by atoms with E-state index in [9.17, 15) is 9.59 Å². The van der Waals surface area contributed by atoms with Crippen LogP contribution in [0.4, 0.5) is 11.4 Å². The topological polar surface area (TPSA) is 67.2 Å². The minimum Gasteiger partial charge on any atom is -0.365 e. The van der Waals surface area contributed by atoms with E-state index in [1.807, 2.05) is 11.4 Å². The Hall–Kier alpha value is -2.15. The first kappa shape index (κ1) is 14.8. The number of aryl methyl sites for hydroxylation is 1. The number of rotatable bonds is 3. The zero-order valence-corrected chi connectivity index (χ0v) is 13.2. The highest BCUT2D eigenvalue weighted by Gasteiger charge is 2.21. The Morgan fingerprint density at radius 3 is 2.77 bits per heavy atom. The van der Waals surface area contributed by atoms with Gasteiger partial charge in [-0.3, -0.25) is 9.59 Å². The van der Waals surface area contributed by atoms with E-state index < -0.39 is 0 Å². The molecule has 0 bridgehead atoms. The molecule has 0 unspecified atom stereocenters. The Morgan fingerprint density at radius 2 is 2.09 bits per heavy atom. The van der Waals surface area contributed by atoms with Crippen molar-refractivity contribution in [3.8, 4) is 0 Å². The average molecular weight is 318 g/mol. The number of carbonyl (C=O) groups excluding carboxylic acids is 1. The van der Waals surface area contributed by atoms with Gasteiger partial charge in [-0.2, -0.15) is 5.10 Å². The summed E-state index contributed by atoms with van der Waals surface area (Å²) in [6.45, 7) is 1.67. The minimum atomic E-state index is -0.205. The van der Waals surface area contributed by atoms with Crippen LogP contribution in [0.1, 0.15) is 28.9 Å². The summed E-state index contributed by atoms with van der Waals surface area (Å²) in [5, 5.41) is 8.72. The molecule has 1 N–H and O–H groups in total. The maximum atomic E-state index is 12.5. The van der Waals surface area contributed by atoms with Gasteiger partial charge in [-0.1, -0.05) is 6.07 Å². The fourth-order valence-electron chi connectivity index (χ4n) is 2.63. The van der Waals surface area contributed by atoms with Gasteiger partial charge in [-0.15, -0.1) is 11.3 Å². The lowest BCUT2D eigenvalue weighted by Gasteiger charge is -2.29. The summed E-state index contributed by atoms with van der Waals surface area (Å²) in [4.78, 5) is 27.4. The van der Waals surface area contributed by atoms with Crippen LogP contribution in [-0.4, -0.2) is 28.8 Å². The summed E-state index contributed by atoms with van der Waals surface area (Å²) in [7, 11) is 1.63. The van der Waals surface area contributed by atoms with Gasteiger partial charge in [0.15, 0.2) is 0 Å². The van der Waals surface area contributed by atoms with Crippen LogP contribution >= 0.6 is 11.3 Å². The molecule has 1 aliphatic heterocycles. The van der Waals surface area contributed by atoms with Crippen LogP contribution in [0.3, 0.4) is 0 Å². The molecule has 3 rings (SSSR count). The number of hydrogen-bond donors (Lipinski definition) is 1. The maximum absolute atomic E-state index is 12.5. The predicted molar refractivity (Wildman–Crippen MR) is 87.8 cm³/mol. The van der Waals surface area contributed by atoms with Crippen LogP contribution in [0.15, 0.2) is 28.5 Å². The molecule has 3 heterocycles. The van der Waals surface area contributed by atoms with Crippen LogP contribution in [0.2, 0.25) is 0 Å². The molecule has 1 fully saturated rings. The minimum absolute atomic E-state index is 0.175. The Morgan fingerprint density at radius 1 is 1.32 bits per heavy atom. The van der Waals surface area contributed by atoms with E-state index in [0.29, 0.717) is 16.3 Å². The first-order chi connectivity index (χ1) is 10.7. The number of thiophene rings is 1. The Bertz CT molecular complexity index is 718. The zero-order chi connectivity index (χ0) is 15.5. The third-order valence-corrected chi connectivity index (χ3v) is 4.65. The van der Waals surface area contributed by atoms with Crippen molar-refractivity contribution < 1.29 is 4.79 Å². The summed E-state index contributed by atoms with van der Waals surface area (Å²) in [5.41, 5.74) is 0.858. The fraction of sp³-hybridized carbons (Fsp3) is 0.400. The van der Waals surface area contributed by atoms with Gasteiger partial charge in [0, 0.05) is 20.1 Å². The second kappa shape index (κ2) is 6.31. The van der Waals surface area contributed by atoms with Crippen LogP contribution in [0, 0.1) is 0 Å². The van der Waals surface area contributed by atoms with Crippen molar-refractivity contribution in [2.24, 2.45) is 7.05 Å². The number of nitrogens with one attached hydrogen (secondary N) is 1. The summed E-state index contributed by atoms with van der Waals surface area (Å²) in [5.74, 6) is -0.205. The van der Waals surface area contributed by atoms with Crippen LogP contribution < -0.4 is 15.8 Å². The average Bonchev–Trinajstić information content (AvgIpc) is 3.06. The lowest BCUT2D eigenvalue weighted by molar-refractivity contribution is 0.103. The van der Waals surface area contributed by atoms with Crippen LogP contribution in [0.5, 0.6) is 0 Å². The van der Waals surface area contributed by atoms with Crippen molar-refractivity contribution in [3.63, 3.8) is 0 Å². The van der Waals surface area contributed by atoms with Crippen molar-refractivity contribution in [1.82, 2.24) is 9.78 Å². The van der Waals surface area contributed by atoms with Crippen molar-refractivity contribution in [3.05, 3.63) is 38.9 Å². The number of carbonyl (C=O) groups is 1. The zero-order valence-electron chi connectivity index (χ0n) is 12.4. The molecule has 0 spiro atoms. The molecule has 22 heavy (non-hydrogen) atoms. The molecule has 0 radical (unpaired) electrons. The first-order valence-electron chi connectivity index (χ1n) is 7.33. The predicted octanol–water partition coefficient (Wildman–Crippen LogP) is 2.08. The normalized spacial score (nSPS) is 14.9. The molecule has 6 nitrogen and oxygen atoms in total. The number of anilines is 2. The number of hydrogen-bond acceptors (Lipinski definition) is 5. The first-order valence-corrected chi connectivity index (χ1v) is 8.21. The van der Waals surface area contributed by atoms with Gasteiger partial charge in [0.05, 0.1) is 16.8 Å². The molecule has 0 aliphatic carbocycles. The van der Waals surface area contributed by atoms with Crippen LogP contribution in [0.25, 0.3) is 0 Å². The van der Waals surface area contributed by atoms with Gasteiger partial charge < -0.3 is 10.2 Å². The molecular weight excluding hydrogens is 300 g/mol. The summed E-state index contributed by atoms with van der Waals surface area (Å²) < 4.78 is 1.31. The molecule has 116 valence electrons. The molecule has 0 atom stereocenters. The largest absolute Gasteiger partial charge is 0.365 e. The standard InChI is InChI=1S/C15H18N4O2S/c1-18-15(21)13(19-7-3-2-4-8-19)11(10-16-18)17-14(20)12-6-5-9-22-12/h5-6,9-10H,2-4,7-8H2,1H3,(H,17,20). The number of piperidine rings is 1. The van der Waals surface area contributed by atoms with E-state index in [-0.39, 0.29) is 11.5 Å². The molecule has 0 aromatic carbocycles. The molecule has 7 heteroatoms. The third-order valence-electron chi connectivity index (χ3n) is 3.78. The third kappa shape index (κ3) is 2.89. The number of nitrogens with zero attached hydrogens (tertiary/aromatic N) is 3. The van der Waals surface area contributed by atoms with E-state index in [4.69, 9.17) is 0 Å². The highest BCUT2D eigenvalue weighted by Crippen LogP contribution is 2.24. The summed E-state index contributed by atoms with van der Waals surface area (Å²) >= 11 is 1.37. The number of aromatic nitrogens is 2. The van der Waals surface area contributed by atoms with E-state index in [1.165, 1.54) is 22.4 Å². The highest BCUT2D eigenvalue weighted by molar-refractivity contribution is 7.12. The Labute approximate surface area is 132 Å². The van der Waals surface area contributed by atoms with Gasteiger partial charge in [0.1, 0.15) is 5.69 Å². The Kier molecular flexibility index (Phi) is 4.24. The van der Waals surface area contributed by atoms with E-state index in [1.54, 1.807) is 19.3 Å². The molecule has 1 amide bonds. The molecular formula is C15H18N4O2S. The quantitative estimate of drug-likeness (QED) is 0.941. The summed E-state index contributed by atoms with van der Waals surface area (Å²) in [6.07, 6.45) is 4.85. The maximum Gasteiger partial charge on any atom is 0.292 e. The molecule has 2 aromatic rings.